The molecule has 2 atom stereocenters. The molecule has 22 heavy (non-hydrogen) atoms. The number of carbonyl (C=O) groups is 1. The van der Waals surface area contributed by atoms with Crippen LogP contribution < -0.4 is 5.32 Å². The number of rotatable bonds is 6. The number of benzene rings is 2. The molecular formula is C17H19NO3S. The lowest BCUT2D eigenvalue weighted by atomic mass is 10.2. The van der Waals surface area contributed by atoms with E-state index < -0.39 is 17.2 Å². The number of hydrogen-bond donors (Lipinski definition) is 1. The summed E-state index contributed by atoms with van der Waals surface area (Å²) in [6.45, 7) is 3.96. The Hall–Kier alpha value is -1.98. The zero-order chi connectivity index (χ0) is 15.9. The largest absolute Gasteiger partial charge is 0.350 e. The SMILES string of the molecule is Cc1ccc(S(=O)OC(C)C(=O)NCc2ccccc2)cc1. The molecule has 2 aromatic rings. The topological polar surface area (TPSA) is 55.4 Å². The van der Waals surface area contributed by atoms with E-state index >= 15 is 0 Å². The van der Waals surface area contributed by atoms with Crippen molar-refractivity contribution in [2.45, 2.75) is 31.4 Å². The fourth-order valence-corrected chi connectivity index (χ4v) is 2.63. The highest BCUT2D eigenvalue weighted by atomic mass is 32.2. The normalized spacial score (nSPS) is 13.4. The molecule has 0 aliphatic heterocycles. The minimum absolute atomic E-state index is 0.288. The molecule has 0 saturated heterocycles. The molecule has 0 bridgehead atoms. The van der Waals surface area contributed by atoms with Crippen LogP contribution in [0, 0.1) is 6.92 Å². The number of aryl methyl sites for hydroxylation is 1. The van der Waals surface area contributed by atoms with Crippen molar-refractivity contribution in [3.05, 3.63) is 65.7 Å². The lowest BCUT2D eigenvalue weighted by Crippen LogP contribution is -2.34. The summed E-state index contributed by atoms with van der Waals surface area (Å²) in [5, 5.41) is 2.77. The van der Waals surface area contributed by atoms with Crippen LogP contribution in [0.2, 0.25) is 0 Å². The van der Waals surface area contributed by atoms with E-state index in [1.807, 2.05) is 49.4 Å². The van der Waals surface area contributed by atoms with Crippen molar-refractivity contribution in [3.63, 3.8) is 0 Å². The maximum Gasteiger partial charge on any atom is 0.250 e. The third-order valence-electron chi connectivity index (χ3n) is 3.12. The number of carbonyl (C=O) groups excluding carboxylic acids is 1. The fourth-order valence-electron chi connectivity index (χ4n) is 1.81. The predicted octanol–water partition coefficient (Wildman–Crippen LogP) is 2.74. The second-order valence-corrected chi connectivity index (χ2v) is 6.12. The average molecular weight is 317 g/mol. The summed E-state index contributed by atoms with van der Waals surface area (Å²) in [5.74, 6) is -0.288. The summed E-state index contributed by atoms with van der Waals surface area (Å²) in [4.78, 5) is 12.5. The van der Waals surface area contributed by atoms with Gasteiger partial charge in [0, 0.05) is 6.54 Å². The Kier molecular flexibility index (Phi) is 5.86. The third kappa shape index (κ3) is 4.79. The van der Waals surface area contributed by atoms with E-state index in [1.54, 1.807) is 19.1 Å². The van der Waals surface area contributed by atoms with Crippen molar-refractivity contribution in [2.75, 3.05) is 0 Å². The van der Waals surface area contributed by atoms with Crippen molar-refractivity contribution in [1.82, 2.24) is 5.32 Å². The molecule has 0 spiro atoms. The van der Waals surface area contributed by atoms with E-state index in [2.05, 4.69) is 5.32 Å². The molecule has 0 aliphatic carbocycles. The molecule has 2 unspecified atom stereocenters. The van der Waals surface area contributed by atoms with Crippen LogP contribution in [0.4, 0.5) is 0 Å². The number of amides is 1. The molecule has 2 rings (SSSR count). The van der Waals surface area contributed by atoms with Gasteiger partial charge in [-0.25, -0.2) is 4.21 Å². The van der Waals surface area contributed by atoms with Gasteiger partial charge in [-0.2, -0.15) is 0 Å². The van der Waals surface area contributed by atoms with Gasteiger partial charge in [0.05, 0.1) is 4.90 Å². The van der Waals surface area contributed by atoms with Crippen LogP contribution in [0.1, 0.15) is 18.1 Å². The third-order valence-corrected chi connectivity index (χ3v) is 4.24. The Morgan fingerprint density at radius 3 is 2.41 bits per heavy atom. The highest BCUT2D eigenvalue weighted by molar-refractivity contribution is 7.80. The van der Waals surface area contributed by atoms with E-state index in [0.29, 0.717) is 11.4 Å². The maximum atomic E-state index is 12.1. The Labute approximate surface area is 133 Å². The summed E-state index contributed by atoms with van der Waals surface area (Å²) >= 11 is -1.65. The summed E-state index contributed by atoms with van der Waals surface area (Å²) in [6.07, 6.45) is -0.786. The quantitative estimate of drug-likeness (QED) is 0.891. The van der Waals surface area contributed by atoms with Gasteiger partial charge in [0.25, 0.3) is 5.91 Å². The Bertz CT molecular complexity index is 641. The smallest absolute Gasteiger partial charge is 0.250 e. The summed E-state index contributed by atoms with van der Waals surface area (Å²) < 4.78 is 17.3. The molecule has 0 aromatic heterocycles. The summed E-state index contributed by atoms with van der Waals surface area (Å²) in [5.41, 5.74) is 2.08. The lowest BCUT2D eigenvalue weighted by molar-refractivity contribution is -0.127. The second-order valence-electron chi connectivity index (χ2n) is 4.99. The van der Waals surface area contributed by atoms with Gasteiger partial charge in [-0.05, 0) is 31.5 Å². The molecule has 0 radical (unpaired) electrons. The van der Waals surface area contributed by atoms with Crippen molar-refractivity contribution in [1.29, 1.82) is 0 Å². The van der Waals surface area contributed by atoms with Gasteiger partial charge in [-0.15, -0.1) is 0 Å². The number of nitrogens with one attached hydrogen (secondary N) is 1. The average Bonchev–Trinajstić information content (AvgIpc) is 2.54. The van der Waals surface area contributed by atoms with Gasteiger partial charge in [0.1, 0.15) is 0 Å². The van der Waals surface area contributed by atoms with Crippen LogP contribution in [0.15, 0.2) is 59.5 Å². The molecule has 0 saturated carbocycles. The molecule has 0 heterocycles. The molecule has 0 aliphatic rings. The molecule has 2 aromatic carbocycles. The van der Waals surface area contributed by atoms with Gasteiger partial charge in [0.15, 0.2) is 17.2 Å². The maximum absolute atomic E-state index is 12.1. The molecule has 4 nitrogen and oxygen atoms in total. The zero-order valence-corrected chi connectivity index (χ0v) is 13.4. The lowest BCUT2D eigenvalue weighted by Gasteiger charge is -2.12. The van der Waals surface area contributed by atoms with E-state index in [-0.39, 0.29) is 5.91 Å². The summed E-state index contributed by atoms with van der Waals surface area (Å²) in [7, 11) is 0. The van der Waals surface area contributed by atoms with E-state index in [0.717, 1.165) is 11.1 Å². The first-order valence-corrected chi connectivity index (χ1v) is 8.11. The molecule has 1 amide bonds. The molecular weight excluding hydrogens is 298 g/mol. The van der Waals surface area contributed by atoms with Crippen molar-refractivity contribution < 1.29 is 13.2 Å². The first kappa shape index (κ1) is 16.4. The Morgan fingerprint density at radius 1 is 1.14 bits per heavy atom. The van der Waals surface area contributed by atoms with Gasteiger partial charge in [-0.1, -0.05) is 48.0 Å². The second kappa shape index (κ2) is 7.87. The van der Waals surface area contributed by atoms with Crippen LogP contribution in [0.3, 0.4) is 0 Å². The monoisotopic (exact) mass is 317 g/mol. The van der Waals surface area contributed by atoms with Gasteiger partial charge in [-0.3, -0.25) is 8.98 Å². The molecule has 1 N–H and O–H groups in total. The van der Waals surface area contributed by atoms with Crippen molar-refractivity contribution in [2.24, 2.45) is 0 Å². The van der Waals surface area contributed by atoms with Gasteiger partial charge < -0.3 is 5.32 Å². The first-order chi connectivity index (χ1) is 10.6. The van der Waals surface area contributed by atoms with E-state index in [9.17, 15) is 9.00 Å². The van der Waals surface area contributed by atoms with Crippen LogP contribution in [-0.4, -0.2) is 16.2 Å². The predicted molar refractivity (Wildman–Crippen MR) is 86.4 cm³/mol. The standard InChI is InChI=1S/C17H19NO3S/c1-13-8-10-16(11-9-13)22(20)21-14(2)17(19)18-12-15-6-4-3-5-7-15/h3-11,14H,12H2,1-2H3,(H,18,19). The summed E-state index contributed by atoms with van der Waals surface area (Å²) in [6, 6.07) is 16.8. The van der Waals surface area contributed by atoms with Gasteiger partial charge >= 0.3 is 0 Å². The van der Waals surface area contributed by atoms with Crippen LogP contribution in [0.25, 0.3) is 0 Å². The highest BCUT2D eigenvalue weighted by Crippen LogP contribution is 2.11. The fraction of sp³-hybridized carbons (Fsp3) is 0.235. The zero-order valence-electron chi connectivity index (χ0n) is 12.6. The minimum atomic E-state index is -1.65. The Morgan fingerprint density at radius 2 is 1.77 bits per heavy atom. The van der Waals surface area contributed by atoms with E-state index in [4.69, 9.17) is 4.18 Å². The van der Waals surface area contributed by atoms with Crippen molar-refractivity contribution in [3.8, 4) is 0 Å². The minimum Gasteiger partial charge on any atom is -0.350 e. The van der Waals surface area contributed by atoms with Crippen LogP contribution in [-0.2, 0) is 26.6 Å². The molecule has 5 heteroatoms. The molecule has 0 fully saturated rings. The van der Waals surface area contributed by atoms with Crippen molar-refractivity contribution >= 4 is 17.0 Å². The molecule has 116 valence electrons. The van der Waals surface area contributed by atoms with Gasteiger partial charge in [0.2, 0.25) is 0 Å². The first-order valence-electron chi connectivity index (χ1n) is 7.03. The number of hydrogen-bond acceptors (Lipinski definition) is 3. The van der Waals surface area contributed by atoms with Crippen LogP contribution in [0.5, 0.6) is 0 Å². The van der Waals surface area contributed by atoms with E-state index in [1.165, 1.54) is 0 Å². The van der Waals surface area contributed by atoms with Crippen LogP contribution >= 0.6 is 0 Å². The highest BCUT2D eigenvalue weighted by Gasteiger charge is 2.17. The Balaban J connectivity index is 1.85.